The summed E-state index contributed by atoms with van der Waals surface area (Å²) in [7, 11) is 3.95. The maximum atomic E-state index is 12.6. The molecule has 0 bridgehead atoms. The zero-order valence-electron chi connectivity index (χ0n) is 14.5. The number of carbonyl (C=O) groups is 2. The minimum absolute atomic E-state index is 0.0613. The molecule has 0 aliphatic carbocycles. The molecule has 1 aromatic carbocycles. The Morgan fingerprint density at radius 3 is 2.36 bits per heavy atom. The molecule has 0 unspecified atom stereocenters. The summed E-state index contributed by atoms with van der Waals surface area (Å²) in [6, 6.07) is 9.37. The van der Waals surface area contributed by atoms with E-state index in [1.54, 1.807) is 6.07 Å². The maximum absolute atomic E-state index is 12.6. The molecule has 0 atom stereocenters. The highest BCUT2D eigenvalue weighted by atomic mass is 16.2. The summed E-state index contributed by atoms with van der Waals surface area (Å²) in [5.41, 5.74) is 8.19. The first kappa shape index (κ1) is 17.0. The van der Waals surface area contributed by atoms with Crippen molar-refractivity contribution in [2.75, 3.05) is 32.1 Å². The van der Waals surface area contributed by atoms with Crippen LogP contribution in [0.4, 0.5) is 5.69 Å². The third-order valence-corrected chi connectivity index (χ3v) is 4.70. The van der Waals surface area contributed by atoms with Gasteiger partial charge in [-0.2, -0.15) is 5.10 Å². The molecule has 132 valence electrons. The molecule has 1 aliphatic heterocycles. The third kappa shape index (κ3) is 3.65. The van der Waals surface area contributed by atoms with Gasteiger partial charge in [-0.15, -0.1) is 0 Å². The largest absolute Gasteiger partial charge is 0.378 e. The average molecular weight is 341 g/mol. The van der Waals surface area contributed by atoms with E-state index in [9.17, 15) is 9.59 Å². The summed E-state index contributed by atoms with van der Waals surface area (Å²) in [5.74, 6) is -0.205. The van der Waals surface area contributed by atoms with Gasteiger partial charge < -0.3 is 15.5 Å². The van der Waals surface area contributed by atoms with Gasteiger partial charge in [0.05, 0.1) is 0 Å². The number of carbonyl (C=O) groups excluding carboxylic acids is 2. The van der Waals surface area contributed by atoms with E-state index in [-0.39, 0.29) is 17.5 Å². The van der Waals surface area contributed by atoms with Gasteiger partial charge >= 0.3 is 0 Å². The van der Waals surface area contributed by atoms with Crippen LogP contribution in [0.5, 0.6) is 0 Å². The molecule has 1 aromatic heterocycles. The van der Waals surface area contributed by atoms with Gasteiger partial charge in [-0.1, -0.05) is 0 Å². The Bertz CT molecular complexity index is 758. The molecule has 7 heteroatoms. The number of rotatable bonds is 4. The second kappa shape index (κ2) is 6.96. The van der Waals surface area contributed by atoms with Crippen LogP contribution < -0.4 is 10.6 Å². The standard InChI is InChI=1S/C18H23N5O2/c1-22(2)14-5-3-13(4-6-14)18(25)23-9-7-12(8-10-23)15-11-16(17(19)24)21-20-15/h3-6,11-12H,7-10H2,1-2H3,(H2,19,24)(H,20,21). The number of piperidine rings is 1. The molecule has 25 heavy (non-hydrogen) atoms. The highest BCUT2D eigenvalue weighted by Crippen LogP contribution is 2.28. The van der Waals surface area contributed by atoms with Crippen molar-refractivity contribution in [1.29, 1.82) is 0 Å². The highest BCUT2D eigenvalue weighted by molar-refractivity contribution is 5.94. The van der Waals surface area contributed by atoms with Crippen LogP contribution in [0.1, 0.15) is 45.3 Å². The van der Waals surface area contributed by atoms with E-state index in [1.165, 1.54) is 0 Å². The van der Waals surface area contributed by atoms with Gasteiger partial charge in [0.1, 0.15) is 5.69 Å². The van der Waals surface area contributed by atoms with Crippen molar-refractivity contribution in [3.8, 4) is 0 Å². The normalized spacial score (nSPS) is 15.2. The number of nitrogens with two attached hydrogens (primary N) is 1. The monoisotopic (exact) mass is 341 g/mol. The lowest BCUT2D eigenvalue weighted by Crippen LogP contribution is -2.38. The second-order valence-corrected chi connectivity index (χ2v) is 6.58. The molecule has 1 aliphatic rings. The van der Waals surface area contributed by atoms with Gasteiger partial charge in [-0.25, -0.2) is 0 Å². The van der Waals surface area contributed by atoms with E-state index >= 15 is 0 Å². The van der Waals surface area contributed by atoms with Crippen molar-refractivity contribution in [3.05, 3.63) is 47.3 Å². The number of primary amides is 1. The van der Waals surface area contributed by atoms with E-state index in [1.807, 2.05) is 48.2 Å². The minimum Gasteiger partial charge on any atom is -0.378 e. The Kier molecular flexibility index (Phi) is 4.74. The van der Waals surface area contributed by atoms with E-state index < -0.39 is 5.91 Å². The number of hydrogen-bond acceptors (Lipinski definition) is 4. The van der Waals surface area contributed by atoms with Gasteiger partial charge in [0.25, 0.3) is 11.8 Å². The lowest BCUT2D eigenvalue weighted by Gasteiger charge is -2.31. The summed E-state index contributed by atoms with van der Waals surface area (Å²) >= 11 is 0. The summed E-state index contributed by atoms with van der Waals surface area (Å²) < 4.78 is 0. The Morgan fingerprint density at radius 1 is 1.20 bits per heavy atom. The Morgan fingerprint density at radius 2 is 1.84 bits per heavy atom. The van der Waals surface area contributed by atoms with E-state index in [2.05, 4.69) is 10.2 Å². The van der Waals surface area contributed by atoms with E-state index in [0.29, 0.717) is 18.7 Å². The number of nitrogens with zero attached hydrogens (tertiary/aromatic N) is 3. The van der Waals surface area contributed by atoms with Crippen molar-refractivity contribution < 1.29 is 9.59 Å². The van der Waals surface area contributed by atoms with Crippen LogP contribution in [0, 0.1) is 0 Å². The SMILES string of the molecule is CN(C)c1ccc(C(=O)N2CCC(c3cc(C(N)=O)n[nH]3)CC2)cc1. The smallest absolute Gasteiger partial charge is 0.269 e. The number of nitrogens with one attached hydrogen (secondary N) is 1. The summed E-state index contributed by atoms with van der Waals surface area (Å²) in [6.45, 7) is 1.37. The van der Waals surface area contributed by atoms with E-state index in [0.717, 1.165) is 24.2 Å². The van der Waals surface area contributed by atoms with Gasteiger partial charge in [0.2, 0.25) is 0 Å². The number of benzene rings is 1. The number of aromatic amines is 1. The molecular weight excluding hydrogens is 318 g/mol. The summed E-state index contributed by atoms with van der Waals surface area (Å²) in [6.07, 6.45) is 1.67. The summed E-state index contributed by atoms with van der Waals surface area (Å²) in [4.78, 5) is 27.7. The zero-order valence-corrected chi connectivity index (χ0v) is 14.5. The fourth-order valence-corrected chi connectivity index (χ4v) is 3.15. The maximum Gasteiger partial charge on any atom is 0.269 e. The first-order valence-electron chi connectivity index (χ1n) is 8.37. The molecule has 7 nitrogen and oxygen atoms in total. The fraction of sp³-hybridized carbons (Fsp3) is 0.389. The number of amides is 2. The quantitative estimate of drug-likeness (QED) is 0.883. The van der Waals surface area contributed by atoms with E-state index in [4.69, 9.17) is 5.73 Å². The molecule has 3 rings (SSSR count). The lowest BCUT2D eigenvalue weighted by molar-refractivity contribution is 0.0712. The lowest BCUT2D eigenvalue weighted by atomic mass is 9.93. The van der Waals surface area contributed by atoms with Crippen molar-refractivity contribution in [1.82, 2.24) is 15.1 Å². The van der Waals surface area contributed by atoms with Crippen molar-refractivity contribution in [3.63, 3.8) is 0 Å². The Labute approximate surface area is 146 Å². The van der Waals surface area contributed by atoms with Crippen LogP contribution in [0.15, 0.2) is 30.3 Å². The Hall–Kier alpha value is -2.83. The van der Waals surface area contributed by atoms with Gasteiger partial charge in [0, 0.05) is 50.0 Å². The molecule has 2 heterocycles. The van der Waals surface area contributed by atoms with Crippen LogP contribution in [0.2, 0.25) is 0 Å². The van der Waals surface area contributed by atoms with Crippen LogP contribution in [-0.4, -0.2) is 54.1 Å². The first-order chi connectivity index (χ1) is 12.0. The van der Waals surface area contributed by atoms with Crippen LogP contribution in [-0.2, 0) is 0 Å². The average Bonchev–Trinajstić information content (AvgIpc) is 3.12. The highest BCUT2D eigenvalue weighted by Gasteiger charge is 2.26. The van der Waals surface area contributed by atoms with Crippen molar-refractivity contribution in [2.45, 2.75) is 18.8 Å². The minimum atomic E-state index is -0.531. The van der Waals surface area contributed by atoms with Crippen LogP contribution >= 0.6 is 0 Å². The number of anilines is 1. The number of hydrogen-bond donors (Lipinski definition) is 2. The molecule has 0 spiro atoms. The van der Waals surface area contributed by atoms with Gasteiger partial charge in [0.15, 0.2) is 0 Å². The second-order valence-electron chi connectivity index (χ2n) is 6.58. The molecule has 0 radical (unpaired) electrons. The van der Waals surface area contributed by atoms with Crippen molar-refractivity contribution >= 4 is 17.5 Å². The fourth-order valence-electron chi connectivity index (χ4n) is 3.15. The summed E-state index contributed by atoms with van der Waals surface area (Å²) in [5, 5.41) is 6.82. The number of H-pyrrole nitrogens is 1. The molecule has 1 fully saturated rings. The Balaban J connectivity index is 1.61. The molecular formula is C18H23N5O2. The zero-order chi connectivity index (χ0) is 18.0. The molecule has 2 amide bonds. The van der Waals surface area contributed by atoms with Gasteiger partial charge in [-0.05, 0) is 43.2 Å². The first-order valence-corrected chi connectivity index (χ1v) is 8.37. The van der Waals surface area contributed by atoms with Crippen LogP contribution in [0.25, 0.3) is 0 Å². The molecule has 3 N–H and O–H groups in total. The van der Waals surface area contributed by atoms with Gasteiger partial charge in [-0.3, -0.25) is 14.7 Å². The number of likely N-dealkylation sites (tertiary alicyclic amines) is 1. The number of aromatic nitrogens is 2. The molecule has 0 saturated carbocycles. The molecule has 2 aromatic rings. The third-order valence-electron chi connectivity index (χ3n) is 4.70. The predicted octanol–water partition coefficient (Wildman–Crippen LogP) is 1.59. The topological polar surface area (TPSA) is 95.3 Å². The van der Waals surface area contributed by atoms with Crippen molar-refractivity contribution in [2.24, 2.45) is 5.73 Å². The van der Waals surface area contributed by atoms with Crippen LogP contribution in [0.3, 0.4) is 0 Å². The predicted molar refractivity (Wildman–Crippen MR) is 95.8 cm³/mol. The molecule has 1 saturated heterocycles.